The molecule has 0 unspecified atom stereocenters. The van der Waals surface area contributed by atoms with E-state index in [1.165, 1.54) is 10.6 Å². The summed E-state index contributed by atoms with van der Waals surface area (Å²) in [7, 11) is 0. The molecule has 6 heteroatoms. The third kappa shape index (κ3) is 2.26. The molecule has 0 atom stereocenters. The van der Waals surface area contributed by atoms with Crippen molar-refractivity contribution >= 4 is 17.0 Å². The van der Waals surface area contributed by atoms with Crippen molar-refractivity contribution in [2.24, 2.45) is 0 Å². The lowest BCUT2D eigenvalue weighted by Gasteiger charge is -2.06. The van der Waals surface area contributed by atoms with Crippen molar-refractivity contribution in [3.63, 3.8) is 0 Å². The third-order valence-corrected chi connectivity index (χ3v) is 3.29. The van der Waals surface area contributed by atoms with Gasteiger partial charge in [0.05, 0.1) is 11.5 Å². The number of nitrogens with zero attached hydrogens (tertiary/aromatic N) is 2. The Morgan fingerprint density at radius 1 is 1.47 bits per heavy atom. The molecule has 0 amide bonds. The van der Waals surface area contributed by atoms with Gasteiger partial charge in [-0.3, -0.25) is 14.9 Å². The van der Waals surface area contributed by atoms with Crippen molar-refractivity contribution in [1.29, 1.82) is 0 Å². The van der Waals surface area contributed by atoms with Gasteiger partial charge in [-0.15, -0.1) is 0 Å². The van der Waals surface area contributed by atoms with E-state index >= 15 is 0 Å². The summed E-state index contributed by atoms with van der Waals surface area (Å²) in [4.78, 5) is 21.7. The van der Waals surface area contributed by atoms with Crippen LogP contribution in [0.4, 0.5) is 5.69 Å². The molecule has 1 aromatic carbocycles. The fourth-order valence-electron chi connectivity index (χ4n) is 1.63. The number of hydrogen-bond acceptors (Lipinski definition) is 4. The van der Waals surface area contributed by atoms with Crippen LogP contribution in [0.2, 0.25) is 0 Å². The number of aromatic nitrogens is 1. The van der Waals surface area contributed by atoms with E-state index in [0.29, 0.717) is 12.1 Å². The first kappa shape index (κ1) is 11.5. The summed E-state index contributed by atoms with van der Waals surface area (Å²) < 4.78 is 1.54. The molecule has 0 radical (unpaired) electrons. The normalized spacial score (nSPS) is 10.4. The molecule has 0 fully saturated rings. The third-order valence-electron chi connectivity index (χ3n) is 2.60. The van der Waals surface area contributed by atoms with Gasteiger partial charge in [-0.2, -0.15) is 0 Å². The Morgan fingerprint density at radius 2 is 2.24 bits per heavy atom. The van der Waals surface area contributed by atoms with Crippen LogP contribution >= 0.6 is 11.3 Å². The fraction of sp³-hybridized carbons (Fsp3) is 0.182. The van der Waals surface area contributed by atoms with Crippen molar-refractivity contribution in [1.82, 2.24) is 4.57 Å². The van der Waals surface area contributed by atoms with Crippen LogP contribution in [0.15, 0.2) is 34.6 Å². The smallest absolute Gasteiger partial charge is 0.302 e. The van der Waals surface area contributed by atoms with Crippen LogP contribution < -0.4 is 4.87 Å². The largest absolute Gasteiger partial charge is 0.307 e. The predicted octanol–water partition coefficient (Wildman–Crippen LogP) is 2.17. The van der Waals surface area contributed by atoms with Crippen LogP contribution in [0.5, 0.6) is 0 Å². The molecule has 0 saturated heterocycles. The van der Waals surface area contributed by atoms with Crippen LogP contribution in [0.1, 0.15) is 11.1 Å². The molecule has 0 aliphatic heterocycles. The highest BCUT2D eigenvalue weighted by Gasteiger charge is 2.13. The minimum absolute atomic E-state index is 0.0593. The van der Waals surface area contributed by atoms with Crippen LogP contribution in [0.25, 0.3) is 0 Å². The van der Waals surface area contributed by atoms with E-state index in [1.807, 2.05) is 0 Å². The SMILES string of the molecule is Cc1c(Cn2ccsc2=O)cccc1[N+](=O)[O-]. The van der Waals surface area contributed by atoms with Crippen LogP contribution in [0.3, 0.4) is 0 Å². The molecule has 17 heavy (non-hydrogen) atoms. The van der Waals surface area contributed by atoms with Crippen molar-refractivity contribution < 1.29 is 4.92 Å². The Kier molecular flexibility index (Phi) is 3.06. The Balaban J connectivity index is 2.41. The summed E-state index contributed by atoms with van der Waals surface area (Å²) in [5, 5.41) is 12.5. The first-order valence-corrected chi connectivity index (χ1v) is 5.84. The molecule has 0 saturated carbocycles. The highest BCUT2D eigenvalue weighted by Crippen LogP contribution is 2.21. The average molecular weight is 250 g/mol. The molecule has 0 N–H and O–H groups in total. The van der Waals surface area contributed by atoms with Gasteiger partial charge in [0.2, 0.25) is 0 Å². The zero-order chi connectivity index (χ0) is 12.4. The molecule has 5 nitrogen and oxygen atoms in total. The Labute approximate surface area is 101 Å². The van der Waals surface area contributed by atoms with E-state index < -0.39 is 4.92 Å². The molecule has 1 heterocycles. The molecule has 1 aromatic heterocycles. The minimum atomic E-state index is -0.408. The van der Waals surface area contributed by atoms with Gasteiger partial charge in [-0.05, 0) is 12.5 Å². The summed E-state index contributed by atoms with van der Waals surface area (Å²) in [5.74, 6) is 0. The minimum Gasteiger partial charge on any atom is -0.302 e. The number of rotatable bonds is 3. The molecule has 0 spiro atoms. The lowest BCUT2D eigenvalue weighted by Crippen LogP contribution is -2.13. The highest BCUT2D eigenvalue weighted by molar-refractivity contribution is 7.07. The standard InChI is InChI=1S/C11H10N2O3S/c1-8-9(3-2-4-10(8)13(15)16)7-12-5-6-17-11(12)14/h2-6H,7H2,1H3. The number of hydrogen-bond donors (Lipinski definition) is 0. The molecular formula is C11H10N2O3S. The number of nitro benzene ring substituents is 1. The Bertz CT molecular complexity index is 615. The summed E-state index contributed by atoms with van der Waals surface area (Å²) in [6.07, 6.45) is 1.69. The van der Waals surface area contributed by atoms with Crippen LogP contribution in [0, 0.1) is 17.0 Å². The molecule has 0 bridgehead atoms. The monoisotopic (exact) mass is 250 g/mol. The summed E-state index contributed by atoms with van der Waals surface area (Å²) in [6, 6.07) is 4.90. The molecule has 2 rings (SSSR count). The van der Waals surface area contributed by atoms with Gasteiger partial charge in [0.15, 0.2) is 0 Å². The highest BCUT2D eigenvalue weighted by atomic mass is 32.1. The van der Waals surface area contributed by atoms with Gasteiger partial charge in [-0.25, -0.2) is 0 Å². The zero-order valence-corrected chi connectivity index (χ0v) is 9.94. The van der Waals surface area contributed by atoms with Crippen molar-refractivity contribution in [3.05, 3.63) is 60.7 Å². The van der Waals surface area contributed by atoms with Gasteiger partial charge in [-0.1, -0.05) is 23.5 Å². The summed E-state index contributed by atoms with van der Waals surface area (Å²) in [6.45, 7) is 2.07. The van der Waals surface area contributed by atoms with E-state index in [4.69, 9.17) is 0 Å². The van der Waals surface area contributed by atoms with Gasteiger partial charge in [0.1, 0.15) is 0 Å². The second-order valence-corrected chi connectivity index (χ2v) is 4.47. The molecule has 0 aliphatic rings. The maximum atomic E-state index is 11.4. The van der Waals surface area contributed by atoms with Gasteiger partial charge >= 0.3 is 4.87 Å². The van der Waals surface area contributed by atoms with Crippen molar-refractivity contribution in [2.75, 3.05) is 0 Å². The Morgan fingerprint density at radius 3 is 2.82 bits per heavy atom. The quantitative estimate of drug-likeness (QED) is 0.619. The van der Waals surface area contributed by atoms with E-state index in [0.717, 1.165) is 16.9 Å². The van der Waals surface area contributed by atoms with Gasteiger partial charge in [0, 0.05) is 23.2 Å². The second-order valence-electron chi connectivity index (χ2n) is 3.62. The van der Waals surface area contributed by atoms with Crippen LogP contribution in [-0.2, 0) is 6.54 Å². The molecule has 2 aromatic rings. The fourth-order valence-corrected chi connectivity index (χ4v) is 2.22. The van der Waals surface area contributed by atoms with E-state index in [9.17, 15) is 14.9 Å². The van der Waals surface area contributed by atoms with Gasteiger partial charge in [0.25, 0.3) is 5.69 Å². The maximum absolute atomic E-state index is 11.4. The maximum Gasteiger partial charge on any atom is 0.307 e. The molecule has 0 aliphatic carbocycles. The van der Waals surface area contributed by atoms with Crippen LogP contribution in [-0.4, -0.2) is 9.49 Å². The lowest BCUT2D eigenvalue weighted by molar-refractivity contribution is -0.385. The number of thiazole rings is 1. The summed E-state index contributed by atoms with van der Waals surface area (Å²) in [5.41, 5.74) is 1.49. The first-order chi connectivity index (χ1) is 8.09. The summed E-state index contributed by atoms with van der Waals surface area (Å²) >= 11 is 1.11. The van der Waals surface area contributed by atoms with E-state index in [-0.39, 0.29) is 10.6 Å². The topological polar surface area (TPSA) is 65.1 Å². The van der Waals surface area contributed by atoms with Crippen molar-refractivity contribution in [3.8, 4) is 0 Å². The van der Waals surface area contributed by atoms with Gasteiger partial charge < -0.3 is 4.57 Å². The van der Waals surface area contributed by atoms with E-state index in [1.54, 1.807) is 30.6 Å². The second kappa shape index (κ2) is 4.50. The average Bonchev–Trinajstić information content (AvgIpc) is 2.67. The molecule has 88 valence electrons. The Hall–Kier alpha value is -1.95. The molecular weight excluding hydrogens is 240 g/mol. The zero-order valence-electron chi connectivity index (χ0n) is 9.12. The van der Waals surface area contributed by atoms with E-state index in [2.05, 4.69) is 0 Å². The lowest BCUT2D eigenvalue weighted by atomic mass is 10.1. The first-order valence-electron chi connectivity index (χ1n) is 4.96. The number of benzene rings is 1. The number of nitro groups is 1. The van der Waals surface area contributed by atoms with Crippen molar-refractivity contribution in [2.45, 2.75) is 13.5 Å². The predicted molar refractivity (Wildman–Crippen MR) is 65.5 cm³/mol.